The van der Waals surface area contributed by atoms with E-state index in [0.29, 0.717) is 0 Å². The predicted molar refractivity (Wildman–Crippen MR) is 62.1 cm³/mol. The van der Waals surface area contributed by atoms with E-state index in [-0.39, 0.29) is 11.9 Å². The number of carbonyl (C=O) groups excluding carboxylic acids is 1. The Kier molecular flexibility index (Phi) is 4.10. The van der Waals surface area contributed by atoms with Crippen molar-refractivity contribution in [3.8, 4) is 0 Å². The average molecular weight is 277 g/mol. The highest BCUT2D eigenvalue weighted by atomic mass is 79.9. The third-order valence-corrected chi connectivity index (χ3v) is 3.72. The number of nitrogens with two attached hydrogens (primary N) is 1. The third-order valence-electron chi connectivity index (χ3n) is 2.11. The molecular weight excluding hydrogens is 264 g/mol. The molecule has 0 aliphatic carbocycles. The van der Waals surface area contributed by atoms with Crippen LogP contribution >= 0.6 is 27.3 Å². The van der Waals surface area contributed by atoms with Crippen molar-refractivity contribution in [2.45, 2.75) is 19.5 Å². The van der Waals surface area contributed by atoms with Gasteiger partial charge < -0.3 is 5.73 Å². The zero-order valence-corrected chi connectivity index (χ0v) is 10.6. The van der Waals surface area contributed by atoms with E-state index < -0.39 is 0 Å². The summed E-state index contributed by atoms with van der Waals surface area (Å²) in [6, 6.07) is 3.82. The van der Waals surface area contributed by atoms with E-state index >= 15 is 0 Å². The molecule has 1 aromatic rings. The van der Waals surface area contributed by atoms with Crippen LogP contribution in [0.2, 0.25) is 0 Å². The van der Waals surface area contributed by atoms with Crippen LogP contribution in [0.5, 0.6) is 0 Å². The van der Waals surface area contributed by atoms with Crippen molar-refractivity contribution >= 4 is 33.2 Å². The van der Waals surface area contributed by atoms with Crippen molar-refractivity contribution in [1.29, 1.82) is 0 Å². The highest BCUT2D eigenvalue weighted by Gasteiger charge is 2.15. The highest BCUT2D eigenvalue weighted by molar-refractivity contribution is 9.11. The summed E-state index contributed by atoms with van der Waals surface area (Å²) < 4.78 is 1.10. The van der Waals surface area contributed by atoms with Gasteiger partial charge in [0.2, 0.25) is 5.91 Å². The first kappa shape index (κ1) is 11.7. The number of hydrogen-bond acceptors (Lipinski definition) is 3. The molecular formula is C9H13BrN2OS. The standard InChI is InChI=1S/C9H13BrN2OS/c1-6(9(11)13)12(2)5-7-3-4-8(10)14-7/h3-4,6H,5H2,1-2H3,(H2,11,13)/t6-/m0/s1. The summed E-state index contributed by atoms with van der Waals surface area (Å²) in [4.78, 5) is 14.1. The second-order valence-electron chi connectivity index (χ2n) is 3.20. The van der Waals surface area contributed by atoms with Crippen molar-refractivity contribution in [3.63, 3.8) is 0 Å². The number of likely N-dealkylation sites (N-methyl/N-ethyl adjacent to an activating group) is 1. The van der Waals surface area contributed by atoms with Gasteiger partial charge in [0.25, 0.3) is 0 Å². The molecule has 14 heavy (non-hydrogen) atoms. The van der Waals surface area contributed by atoms with Crippen molar-refractivity contribution in [2.24, 2.45) is 5.73 Å². The number of amides is 1. The molecule has 1 rings (SSSR count). The van der Waals surface area contributed by atoms with Gasteiger partial charge in [0.1, 0.15) is 0 Å². The molecule has 0 saturated carbocycles. The van der Waals surface area contributed by atoms with Crippen LogP contribution in [0.25, 0.3) is 0 Å². The number of hydrogen-bond donors (Lipinski definition) is 1. The summed E-state index contributed by atoms with van der Waals surface area (Å²) in [5, 5.41) is 0. The van der Waals surface area contributed by atoms with Gasteiger partial charge in [-0.1, -0.05) is 0 Å². The molecule has 0 aromatic carbocycles. The van der Waals surface area contributed by atoms with Gasteiger partial charge >= 0.3 is 0 Å². The van der Waals surface area contributed by atoms with Gasteiger partial charge in [0.05, 0.1) is 9.83 Å². The number of primary amides is 1. The topological polar surface area (TPSA) is 46.3 Å². The van der Waals surface area contributed by atoms with Gasteiger partial charge in [-0.05, 0) is 42.0 Å². The number of nitrogens with zero attached hydrogens (tertiary/aromatic N) is 1. The summed E-state index contributed by atoms with van der Waals surface area (Å²) in [6.07, 6.45) is 0. The zero-order chi connectivity index (χ0) is 10.7. The van der Waals surface area contributed by atoms with Crippen molar-refractivity contribution in [3.05, 3.63) is 20.8 Å². The van der Waals surface area contributed by atoms with E-state index in [2.05, 4.69) is 15.9 Å². The molecule has 2 N–H and O–H groups in total. The Balaban J connectivity index is 2.56. The molecule has 0 aliphatic heterocycles. The number of thiophene rings is 1. The molecule has 0 radical (unpaired) electrons. The van der Waals surface area contributed by atoms with Crippen molar-refractivity contribution < 1.29 is 4.79 Å². The van der Waals surface area contributed by atoms with E-state index in [1.54, 1.807) is 11.3 Å². The monoisotopic (exact) mass is 276 g/mol. The van der Waals surface area contributed by atoms with Gasteiger partial charge in [-0.2, -0.15) is 0 Å². The lowest BCUT2D eigenvalue weighted by Crippen LogP contribution is -2.39. The Labute approximate surface area is 96.0 Å². The maximum atomic E-state index is 10.9. The minimum atomic E-state index is -0.289. The molecule has 1 amide bonds. The molecule has 1 atom stereocenters. The van der Waals surface area contributed by atoms with Crippen LogP contribution in [-0.4, -0.2) is 23.9 Å². The third kappa shape index (κ3) is 3.08. The average Bonchev–Trinajstić information content (AvgIpc) is 2.49. The fourth-order valence-electron chi connectivity index (χ4n) is 1.04. The molecule has 5 heteroatoms. The Bertz CT molecular complexity index is 326. The molecule has 0 saturated heterocycles. The summed E-state index contributed by atoms with van der Waals surface area (Å²) >= 11 is 5.06. The fraction of sp³-hybridized carbons (Fsp3) is 0.444. The Morgan fingerprint density at radius 3 is 2.79 bits per heavy atom. The number of halogens is 1. The number of rotatable bonds is 4. The Morgan fingerprint density at radius 2 is 2.36 bits per heavy atom. The molecule has 78 valence electrons. The summed E-state index contributed by atoms with van der Waals surface area (Å²) in [5.41, 5.74) is 5.21. The number of carbonyl (C=O) groups is 1. The van der Waals surface area contributed by atoms with Crippen LogP contribution in [-0.2, 0) is 11.3 Å². The maximum absolute atomic E-state index is 10.9. The van der Waals surface area contributed by atoms with Crippen molar-refractivity contribution in [2.75, 3.05) is 7.05 Å². The first-order valence-corrected chi connectivity index (χ1v) is 5.85. The van der Waals surface area contributed by atoms with E-state index in [0.717, 1.165) is 10.3 Å². The summed E-state index contributed by atoms with van der Waals surface area (Å²) in [5.74, 6) is -0.289. The molecule has 0 unspecified atom stereocenters. The molecule has 0 aliphatic rings. The van der Waals surface area contributed by atoms with E-state index in [1.165, 1.54) is 4.88 Å². The first-order valence-electron chi connectivity index (χ1n) is 4.24. The second-order valence-corrected chi connectivity index (χ2v) is 5.75. The fourth-order valence-corrected chi connectivity index (χ4v) is 2.58. The van der Waals surface area contributed by atoms with Crippen LogP contribution < -0.4 is 5.73 Å². The molecule has 0 fully saturated rings. The predicted octanol–water partition coefficient (Wildman–Crippen LogP) is 1.82. The minimum absolute atomic E-state index is 0.226. The van der Waals surface area contributed by atoms with Crippen molar-refractivity contribution in [1.82, 2.24) is 4.90 Å². The normalized spacial score (nSPS) is 13.1. The lowest BCUT2D eigenvalue weighted by molar-refractivity contribution is -0.122. The van der Waals surface area contributed by atoms with Gasteiger partial charge in [-0.25, -0.2) is 0 Å². The minimum Gasteiger partial charge on any atom is -0.368 e. The van der Waals surface area contributed by atoms with E-state index in [4.69, 9.17) is 5.73 Å². The quantitative estimate of drug-likeness (QED) is 0.912. The van der Waals surface area contributed by atoms with Crippen LogP contribution in [0.4, 0.5) is 0 Å². The van der Waals surface area contributed by atoms with Crippen LogP contribution in [0.15, 0.2) is 15.9 Å². The Hall–Kier alpha value is -0.390. The molecule has 0 bridgehead atoms. The molecule has 3 nitrogen and oxygen atoms in total. The van der Waals surface area contributed by atoms with E-state index in [1.807, 2.05) is 31.0 Å². The Morgan fingerprint density at radius 1 is 1.71 bits per heavy atom. The van der Waals surface area contributed by atoms with Crippen LogP contribution in [0, 0.1) is 0 Å². The van der Waals surface area contributed by atoms with Gasteiger partial charge in [-0.15, -0.1) is 11.3 Å². The van der Waals surface area contributed by atoms with Crippen LogP contribution in [0.3, 0.4) is 0 Å². The smallest absolute Gasteiger partial charge is 0.234 e. The first-order chi connectivity index (χ1) is 6.50. The SMILES string of the molecule is C[C@@H](C(N)=O)N(C)Cc1ccc(Br)s1. The van der Waals surface area contributed by atoms with Crippen LogP contribution in [0.1, 0.15) is 11.8 Å². The lowest BCUT2D eigenvalue weighted by atomic mass is 10.3. The zero-order valence-electron chi connectivity index (χ0n) is 8.16. The van der Waals surface area contributed by atoms with E-state index in [9.17, 15) is 4.79 Å². The molecule has 0 spiro atoms. The largest absolute Gasteiger partial charge is 0.368 e. The summed E-state index contributed by atoms with van der Waals surface area (Å²) in [7, 11) is 1.89. The van der Waals surface area contributed by atoms with Gasteiger partial charge in [-0.3, -0.25) is 9.69 Å². The van der Waals surface area contributed by atoms with Gasteiger partial charge in [0.15, 0.2) is 0 Å². The highest BCUT2D eigenvalue weighted by Crippen LogP contribution is 2.23. The molecule has 1 aromatic heterocycles. The van der Waals surface area contributed by atoms with Gasteiger partial charge in [0, 0.05) is 11.4 Å². The maximum Gasteiger partial charge on any atom is 0.234 e. The lowest BCUT2D eigenvalue weighted by Gasteiger charge is -2.20. The molecule has 1 heterocycles. The summed E-state index contributed by atoms with van der Waals surface area (Å²) in [6.45, 7) is 2.56. The second kappa shape index (κ2) is 4.91.